The van der Waals surface area contributed by atoms with Crippen LogP contribution in [0.2, 0.25) is 5.02 Å². The molecule has 13 heteroatoms. The lowest BCUT2D eigenvalue weighted by molar-refractivity contribution is -0.0139. The van der Waals surface area contributed by atoms with E-state index in [1.54, 1.807) is 28.9 Å². The number of aliphatic hydroxyl groups excluding tert-OH is 1. The standard InChI is InChI=1S/C24H27ClF2N8O2/c1-24(2,28)14-29-22-30-19(31-35(22)17-6-4-3-5-7-17)13-34-23(37)33(12-18(36)20(26)27)21(32-34)15-8-10-16(25)11-9-15/h3-11,18,20,36H,12-14,28H2,1-2H3,(H,29,30,31)/t18-/m0/s1. The molecule has 0 saturated heterocycles. The fourth-order valence-corrected chi connectivity index (χ4v) is 3.64. The molecule has 10 nitrogen and oxygen atoms in total. The maximum Gasteiger partial charge on any atom is 0.346 e. The number of anilines is 1. The number of aromatic nitrogens is 6. The molecule has 0 saturated carbocycles. The molecule has 4 aromatic rings. The van der Waals surface area contributed by atoms with Gasteiger partial charge in [-0.1, -0.05) is 29.8 Å². The summed E-state index contributed by atoms with van der Waals surface area (Å²) >= 11 is 5.96. The molecule has 2 aromatic heterocycles. The zero-order valence-electron chi connectivity index (χ0n) is 20.2. The van der Waals surface area contributed by atoms with E-state index >= 15 is 0 Å². The van der Waals surface area contributed by atoms with Crippen LogP contribution < -0.4 is 16.7 Å². The Morgan fingerprint density at radius 2 is 1.78 bits per heavy atom. The molecule has 1 atom stereocenters. The summed E-state index contributed by atoms with van der Waals surface area (Å²) in [6, 6.07) is 15.7. The van der Waals surface area contributed by atoms with E-state index in [2.05, 4.69) is 20.5 Å². The van der Waals surface area contributed by atoms with Crippen molar-refractivity contribution in [3.05, 3.63) is 75.9 Å². The number of nitrogens with one attached hydrogen (secondary N) is 1. The van der Waals surface area contributed by atoms with Crippen molar-refractivity contribution in [2.75, 3.05) is 11.9 Å². The normalized spacial score (nSPS) is 12.8. The zero-order valence-corrected chi connectivity index (χ0v) is 21.0. The number of halogens is 3. The number of para-hydroxylation sites is 1. The number of nitrogens with zero attached hydrogens (tertiary/aromatic N) is 6. The van der Waals surface area contributed by atoms with Gasteiger partial charge in [-0.15, -0.1) is 10.2 Å². The molecule has 37 heavy (non-hydrogen) atoms. The predicted molar refractivity (Wildman–Crippen MR) is 136 cm³/mol. The topological polar surface area (TPSA) is 129 Å². The van der Waals surface area contributed by atoms with E-state index in [-0.39, 0.29) is 18.2 Å². The second kappa shape index (κ2) is 10.8. The van der Waals surface area contributed by atoms with E-state index in [1.807, 2.05) is 44.2 Å². The Kier molecular flexibility index (Phi) is 7.71. The molecular formula is C24H27ClF2N8O2. The number of aliphatic hydroxyl groups is 1. The van der Waals surface area contributed by atoms with Gasteiger partial charge in [-0.05, 0) is 50.2 Å². The smallest absolute Gasteiger partial charge is 0.346 e. The quantitative estimate of drug-likeness (QED) is 0.286. The molecule has 196 valence electrons. The molecule has 0 fully saturated rings. The predicted octanol–water partition coefficient (Wildman–Crippen LogP) is 2.77. The van der Waals surface area contributed by atoms with E-state index in [4.69, 9.17) is 17.3 Å². The lowest BCUT2D eigenvalue weighted by atomic mass is 10.1. The van der Waals surface area contributed by atoms with Gasteiger partial charge in [0.2, 0.25) is 5.95 Å². The first-order valence-electron chi connectivity index (χ1n) is 11.5. The highest BCUT2D eigenvalue weighted by atomic mass is 35.5. The molecule has 4 N–H and O–H groups in total. The van der Waals surface area contributed by atoms with E-state index < -0.39 is 30.3 Å². The van der Waals surface area contributed by atoms with Crippen LogP contribution in [0.1, 0.15) is 19.7 Å². The van der Waals surface area contributed by atoms with Crippen molar-refractivity contribution in [1.29, 1.82) is 0 Å². The van der Waals surface area contributed by atoms with Crippen molar-refractivity contribution >= 4 is 17.5 Å². The van der Waals surface area contributed by atoms with E-state index in [0.29, 0.717) is 23.1 Å². The van der Waals surface area contributed by atoms with E-state index in [9.17, 15) is 18.7 Å². The van der Waals surface area contributed by atoms with E-state index in [1.165, 1.54) is 0 Å². The Balaban J connectivity index is 1.73. The first-order valence-corrected chi connectivity index (χ1v) is 11.8. The fraction of sp³-hybridized carbons (Fsp3) is 0.333. The third-order valence-electron chi connectivity index (χ3n) is 5.33. The number of hydrogen-bond donors (Lipinski definition) is 3. The molecule has 0 aliphatic heterocycles. The van der Waals surface area contributed by atoms with Gasteiger partial charge in [0, 0.05) is 22.7 Å². The minimum absolute atomic E-state index is 0.104. The second-order valence-electron chi connectivity index (χ2n) is 9.22. The van der Waals surface area contributed by atoms with Gasteiger partial charge in [-0.2, -0.15) is 9.67 Å². The van der Waals surface area contributed by atoms with Crippen molar-refractivity contribution in [2.24, 2.45) is 5.73 Å². The number of hydrogen-bond acceptors (Lipinski definition) is 7. The number of rotatable bonds is 10. The Labute approximate surface area is 216 Å². The van der Waals surface area contributed by atoms with Gasteiger partial charge in [0.15, 0.2) is 11.6 Å². The fourth-order valence-electron chi connectivity index (χ4n) is 3.51. The van der Waals surface area contributed by atoms with Gasteiger partial charge in [0.1, 0.15) is 12.6 Å². The molecule has 2 heterocycles. The molecule has 0 aliphatic carbocycles. The third kappa shape index (κ3) is 6.40. The van der Waals surface area contributed by atoms with Crippen LogP contribution in [0, 0.1) is 0 Å². The minimum atomic E-state index is -3.03. The monoisotopic (exact) mass is 532 g/mol. The SMILES string of the molecule is CC(C)(N)CNc1nc(Cn2nc(-c3ccc(Cl)cc3)n(C[C@H](O)C(F)F)c2=O)nn1-c1ccccc1. The highest BCUT2D eigenvalue weighted by Crippen LogP contribution is 2.20. The summed E-state index contributed by atoms with van der Waals surface area (Å²) in [6.07, 6.45) is -5.08. The van der Waals surface area contributed by atoms with Gasteiger partial charge >= 0.3 is 5.69 Å². The van der Waals surface area contributed by atoms with Crippen molar-refractivity contribution in [3.63, 3.8) is 0 Å². The summed E-state index contributed by atoms with van der Waals surface area (Å²) in [5.41, 5.74) is 6.09. The second-order valence-corrected chi connectivity index (χ2v) is 9.66. The van der Waals surface area contributed by atoms with Crippen LogP contribution in [0.25, 0.3) is 17.1 Å². The van der Waals surface area contributed by atoms with Gasteiger partial charge < -0.3 is 16.2 Å². The van der Waals surface area contributed by atoms with Crippen molar-refractivity contribution in [3.8, 4) is 17.1 Å². The van der Waals surface area contributed by atoms with Crippen LogP contribution in [0.15, 0.2) is 59.4 Å². The van der Waals surface area contributed by atoms with Crippen LogP contribution in [0.3, 0.4) is 0 Å². The van der Waals surface area contributed by atoms with E-state index in [0.717, 1.165) is 14.9 Å². The Morgan fingerprint density at radius 3 is 2.41 bits per heavy atom. The Hall–Kier alpha value is -3.61. The lowest BCUT2D eigenvalue weighted by Gasteiger charge is -2.19. The summed E-state index contributed by atoms with van der Waals surface area (Å²) in [5, 5.41) is 22.3. The largest absolute Gasteiger partial charge is 0.385 e. The average Bonchev–Trinajstić information content (AvgIpc) is 3.40. The summed E-state index contributed by atoms with van der Waals surface area (Å²) in [4.78, 5) is 17.7. The molecule has 2 aromatic carbocycles. The molecule has 4 rings (SSSR count). The summed E-state index contributed by atoms with van der Waals surface area (Å²) < 4.78 is 29.9. The molecule has 0 aliphatic rings. The first kappa shape index (κ1) is 26.5. The van der Waals surface area contributed by atoms with Crippen molar-refractivity contribution in [2.45, 2.75) is 45.0 Å². The van der Waals surface area contributed by atoms with Crippen molar-refractivity contribution < 1.29 is 13.9 Å². The zero-order chi connectivity index (χ0) is 26.7. The van der Waals surface area contributed by atoms with Crippen LogP contribution in [-0.4, -0.2) is 58.8 Å². The maximum atomic E-state index is 13.2. The molecule has 0 amide bonds. The number of alkyl halides is 2. The van der Waals surface area contributed by atoms with Crippen LogP contribution in [0.4, 0.5) is 14.7 Å². The summed E-state index contributed by atoms with van der Waals surface area (Å²) in [6.45, 7) is 3.35. The van der Waals surface area contributed by atoms with Crippen LogP contribution >= 0.6 is 11.6 Å². The van der Waals surface area contributed by atoms with Gasteiger partial charge in [-0.25, -0.2) is 18.3 Å². The Bertz CT molecular complexity index is 1400. The highest BCUT2D eigenvalue weighted by Gasteiger charge is 2.24. The highest BCUT2D eigenvalue weighted by molar-refractivity contribution is 6.30. The Morgan fingerprint density at radius 1 is 1.11 bits per heavy atom. The number of nitrogens with two attached hydrogens (primary N) is 1. The maximum absolute atomic E-state index is 13.2. The molecule has 0 radical (unpaired) electrons. The average molecular weight is 533 g/mol. The van der Waals surface area contributed by atoms with Gasteiger partial charge in [0.05, 0.1) is 12.2 Å². The van der Waals surface area contributed by atoms with Crippen LogP contribution in [-0.2, 0) is 13.1 Å². The van der Waals surface area contributed by atoms with Gasteiger partial charge in [-0.3, -0.25) is 4.57 Å². The molecular weight excluding hydrogens is 506 g/mol. The lowest BCUT2D eigenvalue weighted by Crippen LogP contribution is -2.40. The van der Waals surface area contributed by atoms with Gasteiger partial charge in [0.25, 0.3) is 6.43 Å². The molecule has 0 unspecified atom stereocenters. The third-order valence-corrected chi connectivity index (χ3v) is 5.58. The summed E-state index contributed by atoms with van der Waals surface area (Å²) in [7, 11) is 0. The minimum Gasteiger partial charge on any atom is -0.385 e. The molecule has 0 spiro atoms. The number of benzene rings is 2. The van der Waals surface area contributed by atoms with Crippen molar-refractivity contribution in [1.82, 2.24) is 29.1 Å². The molecule has 0 bridgehead atoms. The summed E-state index contributed by atoms with van der Waals surface area (Å²) in [5.74, 6) is 0.773. The van der Waals surface area contributed by atoms with Crippen LogP contribution in [0.5, 0.6) is 0 Å². The first-order chi connectivity index (χ1) is 17.5.